The number of ether oxygens (including phenoxy) is 2. The molecule has 0 radical (unpaired) electrons. The van der Waals surface area contributed by atoms with E-state index in [0.717, 1.165) is 89.0 Å². The van der Waals surface area contributed by atoms with Crippen LogP contribution in [0.1, 0.15) is 139 Å². The maximum absolute atomic E-state index is 13.9. The second-order valence-corrected chi connectivity index (χ2v) is 21.2. The molecule has 2 aromatic rings. The Balaban J connectivity index is 0.000000206. The van der Waals surface area contributed by atoms with E-state index >= 15 is 0 Å². The Bertz CT molecular complexity index is 2050. The summed E-state index contributed by atoms with van der Waals surface area (Å²) < 4.78 is 89.8. The van der Waals surface area contributed by atoms with E-state index in [0.29, 0.717) is 87.6 Å². The Morgan fingerprint density at radius 3 is 1.36 bits per heavy atom. The monoisotopic (exact) mass is 991 g/mol. The van der Waals surface area contributed by atoms with Crippen molar-refractivity contribution in [2.45, 2.75) is 156 Å². The Kier molecular flexibility index (Phi) is 16.7. The molecule has 388 valence electrons. The van der Waals surface area contributed by atoms with Crippen molar-refractivity contribution in [3.8, 4) is 0 Å². The van der Waals surface area contributed by atoms with Gasteiger partial charge in [0, 0.05) is 88.0 Å². The van der Waals surface area contributed by atoms with Crippen LogP contribution < -0.4 is 0 Å². The number of aromatic nitrogens is 2. The summed E-state index contributed by atoms with van der Waals surface area (Å²) in [6.45, 7) is 17.1. The molecule has 6 heterocycles. The van der Waals surface area contributed by atoms with Crippen molar-refractivity contribution in [1.29, 1.82) is 0 Å². The molecule has 2 saturated heterocycles. The van der Waals surface area contributed by atoms with Crippen LogP contribution in [0.25, 0.3) is 0 Å². The number of amides is 2. The molecule has 2 aliphatic carbocycles. The van der Waals surface area contributed by atoms with Crippen LogP contribution in [-0.2, 0) is 66.9 Å². The molecule has 6 atom stereocenters. The molecule has 0 spiro atoms. The van der Waals surface area contributed by atoms with Crippen LogP contribution in [0.2, 0.25) is 0 Å². The molecule has 18 heteroatoms. The van der Waals surface area contributed by atoms with Crippen LogP contribution in [0, 0.1) is 34.5 Å². The van der Waals surface area contributed by atoms with Gasteiger partial charge in [-0.1, -0.05) is 27.7 Å². The predicted molar refractivity (Wildman–Crippen MR) is 248 cm³/mol. The zero-order valence-electron chi connectivity index (χ0n) is 41.7. The summed E-state index contributed by atoms with van der Waals surface area (Å²) in [7, 11) is 0. The lowest BCUT2D eigenvalue weighted by molar-refractivity contribution is -0.151. The first-order valence-corrected chi connectivity index (χ1v) is 25.6. The van der Waals surface area contributed by atoms with Gasteiger partial charge in [-0.15, -0.1) is 0 Å². The van der Waals surface area contributed by atoms with Gasteiger partial charge in [0.2, 0.25) is 11.8 Å². The molecule has 4 fully saturated rings. The molecular weight excluding hydrogens is 919 g/mol. The number of carbonyl (C=O) groups is 4. The minimum atomic E-state index is -4.46. The average molecular weight is 991 g/mol. The number of fused-ring (bicyclic) bond motifs is 2. The van der Waals surface area contributed by atoms with E-state index in [1.165, 1.54) is 0 Å². The highest BCUT2D eigenvalue weighted by Gasteiger charge is 2.53. The van der Waals surface area contributed by atoms with Crippen LogP contribution in [0.4, 0.5) is 26.3 Å². The zero-order valence-corrected chi connectivity index (χ0v) is 41.7. The van der Waals surface area contributed by atoms with Gasteiger partial charge >= 0.3 is 24.3 Å². The number of alkyl halides is 6. The molecule has 0 aromatic carbocycles. The number of pyridine rings is 2. The molecule has 6 aliphatic rings. The lowest BCUT2D eigenvalue weighted by atomic mass is 9.73. The number of piperidine rings is 2. The van der Waals surface area contributed by atoms with Gasteiger partial charge in [0.25, 0.3) is 0 Å². The highest BCUT2D eigenvalue weighted by Crippen LogP contribution is 2.50. The number of nitrogens with zero attached hydrogens (tertiary/aromatic N) is 6. The molecule has 4 aliphatic heterocycles. The van der Waals surface area contributed by atoms with E-state index in [4.69, 9.17) is 9.47 Å². The summed E-state index contributed by atoms with van der Waals surface area (Å²) in [4.78, 5) is 68.7. The molecule has 8 rings (SSSR count). The number of hydrogen-bond donors (Lipinski definition) is 0. The molecule has 0 N–H and O–H groups in total. The maximum Gasteiger partial charge on any atom is 0.417 e. The summed E-state index contributed by atoms with van der Waals surface area (Å²) in [5.41, 5.74) is -0.381. The number of esters is 2. The first-order valence-electron chi connectivity index (χ1n) is 25.6. The number of hydrogen-bond acceptors (Lipinski definition) is 10. The van der Waals surface area contributed by atoms with Gasteiger partial charge in [-0.05, 0) is 126 Å². The molecular formula is C52H72F6N6O6. The maximum atomic E-state index is 13.9. The molecule has 2 unspecified atom stereocenters. The summed E-state index contributed by atoms with van der Waals surface area (Å²) in [6, 6.07) is 2.72. The lowest BCUT2D eigenvalue weighted by Gasteiger charge is -2.41. The van der Waals surface area contributed by atoms with E-state index < -0.39 is 34.3 Å². The normalized spacial score (nSPS) is 27.7. The Morgan fingerprint density at radius 2 is 1.01 bits per heavy atom. The summed E-state index contributed by atoms with van der Waals surface area (Å²) in [6.07, 6.45) is 1.98. The van der Waals surface area contributed by atoms with Crippen molar-refractivity contribution < 1.29 is 55.0 Å². The molecule has 2 aromatic heterocycles. The molecule has 2 saturated carbocycles. The Hall–Kier alpha value is -4.32. The van der Waals surface area contributed by atoms with Crippen LogP contribution in [0.15, 0.2) is 24.5 Å². The standard InChI is InChI=1S/2C26H36F3N3O3/c2*1-4-35-23(33)18-6-5-10-31(15-18)21-7-9-25(13-21,17(2)3)24(34)32-11-8-22-19(16-32)12-20(14-30-22)26(27,28)29/h2*12,14,17-18,21H,4-11,13,15-16H2,1-3H3/t18?,21-,25+;18?,21-,25-/m10/s1. The third-order valence-corrected chi connectivity index (χ3v) is 16.6. The van der Waals surface area contributed by atoms with Gasteiger partial charge in [-0.2, -0.15) is 26.3 Å². The second kappa shape index (κ2) is 21.8. The zero-order chi connectivity index (χ0) is 50.8. The first-order chi connectivity index (χ1) is 33.1. The number of halogens is 6. The van der Waals surface area contributed by atoms with E-state index in [-0.39, 0.29) is 72.6 Å². The minimum Gasteiger partial charge on any atom is -0.466 e. The number of likely N-dealkylation sites (tertiary alicyclic amines) is 2. The van der Waals surface area contributed by atoms with Crippen molar-refractivity contribution >= 4 is 23.8 Å². The van der Waals surface area contributed by atoms with Gasteiger partial charge in [0.05, 0.1) is 47.0 Å². The van der Waals surface area contributed by atoms with Crippen molar-refractivity contribution in [2.24, 2.45) is 34.5 Å². The van der Waals surface area contributed by atoms with Crippen LogP contribution >= 0.6 is 0 Å². The summed E-state index contributed by atoms with van der Waals surface area (Å²) >= 11 is 0. The molecule has 70 heavy (non-hydrogen) atoms. The third kappa shape index (κ3) is 11.5. The van der Waals surface area contributed by atoms with Crippen molar-refractivity contribution in [3.63, 3.8) is 0 Å². The fourth-order valence-electron chi connectivity index (χ4n) is 12.4. The minimum absolute atomic E-state index is 0.0389. The highest BCUT2D eigenvalue weighted by atomic mass is 19.4. The number of rotatable bonds is 10. The SMILES string of the molecule is CCOC(=O)C1CCCN([C@@H]2CC[C@@](C(=O)N3CCc4ncc(C(F)(F)F)cc4C3)(C(C)C)C2)C1.CCOC(=O)C1CCCN([C@H]2CC[C@@](C(=O)N3CCc4ncc(C(F)(F)F)cc4C3)(C(C)C)C2)C1. The van der Waals surface area contributed by atoms with Crippen molar-refractivity contribution in [3.05, 3.63) is 58.2 Å². The fraction of sp³-hybridized carbons (Fsp3) is 0.731. The van der Waals surface area contributed by atoms with Gasteiger partial charge in [0.15, 0.2) is 0 Å². The smallest absolute Gasteiger partial charge is 0.417 e. The first kappa shape index (κ1) is 53.5. The van der Waals surface area contributed by atoms with Crippen molar-refractivity contribution in [2.75, 3.05) is 52.5 Å². The van der Waals surface area contributed by atoms with Crippen LogP contribution in [0.5, 0.6) is 0 Å². The van der Waals surface area contributed by atoms with E-state index in [1.54, 1.807) is 9.80 Å². The Morgan fingerprint density at radius 1 is 0.629 bits per heavy atom. The predicted octanol–water partition coefficient (Wildman–Crippen LogP) is 8.91. The summed E-state index contributed by atoms with van der Waals surface area (Å²) in [5, 5.41) is 0. The quantitative estimate of drug-likeness (QED) is 0.168. The van der Waals surface area contributed by atoms with Gasteiger partial charge in [-0.25, -0.2) is 0 Å². The van der Waals surface area contributed by atoms with E-state index in [1.807, 2.05) is 13.8 Å². The van der Waals surface area contributed by atoms with Gasteiger partial charge in [0.1, 0.15) is 0 Å². The summed E-state index contributed by atoms with van der Waals surface area (Å²) in [5.74, 6) is -0.238. The van der Waals surface area contributed by atoms with Gasteiger partial charge < -0.3 is 19.3 Å². The molecule has 12 nitrogen and oxygen atoms in total. The average Bonchev–Trinajstić information content (AvgIpc) is 4.01. The van der Waals surface area contributed by atoms with Crippen LogP contribution in [-0.4, -0.2) is 118 Å². The van der Waals surface area contributed by atoms with Crippen LogP contribution in [0.3, 0.4) is 0 Å². The molecule has 2 amide bonds. The highest BCUT2D eigenvalue weighted by molar-refractivity contribution is 5.84. The number of carbonyl (C=O) groups excluding carboxylic acids is 4. The lowest BCUT2D eigenvalue weighted by Crippen LogP contribution is -2.49. The van der Waals surface area contributed by atoms with Crippen molar-refractivity contribution in [1.82, 2.24) is 29.6 Å². The second-order valence-electron chi connectivity index (χ2n) is 21.2. The van der Waals surface area contributed by atoms with Gasteiger partial charge in [-0.3, -0.25) is 38.9 Å². The largest absolute Gasteiger partial charge is 0.466 e. The fourth-order valence-corrected chi connectivity index (χ4v) is 12.4. The molecule has 0 bridgehead atoms. The third-order valence-electron chi connectivity index (χ3n) is 16.6. The van der Waals surface area contributed by atoms with E-state index in [9.17, 15) is 45.5 Å². The Labute approximate surface area is 408 Å². The van der Waals surface area contributed by atoms with E-state index in [2.05, 4.69) is 47.5 Å². The topological polar surface area (TPSA) is 125 Å².